The molecular formula is C20H30N2O2. The summed E-state index contributed by atoms with van der Waals surface area (Å²) in [7, 11) is 0. The van der Waals surface area contributed by atoms with Crippen LogP contribution in [0.3, 0.4) is 0 Å². The Balaban J connectivity index is 1.88. The van der Waals surface area contributed by atoms with Gasteiger partial charge in [0.1, 0.15) is 5.78 Å². The summed E-state index contributed by atoms with van der Waals surface area (Å²) >= 11 is 0. The van der Waals surface area contributed by atoms with Gasteiger partial charge in [0.25, 0.3) is 0 Å². The minimum Gasteiger partial charge on any atom is -0.397 e. The van der Waals surface area contributed by atoms with Gasteiger partial charge in [0.2, 0.25) is 0 Å². The molecule has 2 fully saturated rings. The fourth-order valence-electron chi connectivity index (χ4n) is 3.92. The predicted octanol–water partition coefficient (Wildman–Crippen LogP) is 3.53. The lowest BCUT2D eigenvalue weighted by Crippen LogP contribution is -2.42. The van der Waals surface area contributed by atoms with Gasteiger partial charge in [-0.1, -0.05) is 19.9 Å². The molecule has 0 atom stereocenters. The molecule has 1 aliphatic carbocycles. The SMILES string of the molecule is CC(=O)C1(c2ccc(N(CC(C)C)C3CCOCC3)c(N)c2)CC1. The van der Waals surface area contributed by atoms with Crippen LogP contribution in [-0.4, -0.2) is 31.6 Å². The van der Waals surface area contributed by atoms with Crippen LogP contribution >= 0.6 is 0 Å². The largest absolute Gasteiger partial charge is 0.397 e. The number of carbonyl (C=O) groups is 1. The molecule has 2 aliphatic rings. The number of ether oxygens (including phenoxy) is 1. The standard InChI is InChI=1S/C20H30N2O2/c1-14(2)13-22(17-6-10-24-11-7-17)19-5-4-16(12-18(19)21)20(8-9-20)15(3)23/h4-5,12,14,17H,6-11,13,21H2,1-3H3. The average Bonchev–Trinajstić information content (AvgIpc) is 3.35. The first-order chi connectivity index (χ1) is 11.4. The second kappa shape index (κ2) is 6.75. The second-order valence-electron chi connectivity index (χ2n) is 7.80. The number of benzene rings is 1. The second-order valence-corrected chi connectivity index (χ2v) is 7.80. The van der Waals surface area contributed by atoms with Crippen molar-refractivity contribution in [3.63, 3.8) is 0 Å². The lowest BCUT2D eigenvalue weighted by atomic mass is 9.91. The van der Waals surface area contributed by atoms with Crippen molar-refractivity contribution < 1.29 is 9.53 Å². The number of anilines is 2. The Morgan fingerprint density at radius 1 is 1.33 bits per heavy atom. The zero-order valence-electron chi connectivity index (χ0n) is 15.2. The lowest BCUT2D eigenvalue weighted by molar-refractivity contribution is -0.119. The molecule has 4 heteroatoms. The van der Waals surface area contributed by atoms with Crippen LogP contribution in [0.2, 0.25) is 0 Å². The average molecular weight is 330 g/mol. The van der Waals surface area contributed by atoms with Crippen LogP contribution in [0.5, 0.6) is 0 Å². The van der Waals surface area contributed by atoms with E-state index in [-0.39, 0.29) is 11.2 Å². The van der Waals surface area contributed by atoms with Gasteiger partial charge in [0, 0.05) is 25.8 Å². The third-order valence-corrected chi connectivity index (χ3v) is 5.51. The van der Waals surface area contributed by atoms with Crippen molar-refractivity contribution in [2.45, 2.75) is 57.9 Å². The molecule has 0 bridgehead atoms. The zero-order chi connectivity index (χ0) is 17.3. The van der Waals surface area contributed by atoms with E-state index in [0.29, 0.717) is 12.0 Å². The molecule has 132 valence electrons. The van der Waals surface area contributed by atoms with Gasteiger partial charge in [-0.05, 0) is 56.2 Å². The van der Waals surface area contributed by atoms with Crippen LogP contribution in [0.4, 0.5) is 11.4 Å². The normalized spacial score (nSPS) is 20.2. The minimum absolute atomic E-state index is 0.256. The van der Waals surface area contributed by atoms with E-state index in [4.69, 9.17) is 10.5 Å². The van der Waals surface area contributed by atoms with E-state index < -0.39 is 0 Å². The van der Waals surface area contributed by atoms with Crippen LogP contribution in [0, 0.1) is 5.92 Å². The predicted molar refractivity (Wildman–Crippen MR) is 98.5 cm³/mol. The van der Waals surface area contributed by atoms with Gasteiger partial charge in [-0.25, -0.2) is 0 Å². The smallest absolute Gasteiger partial charge is 0.140 e. The number of nitrogens with two attached hydrogens (primary N) is 1. The highest BCUT2D eigenvalue weighted by molar-refractivity contribution is 5.91. The first-order valence-electron chi connectivity index (χ1n) is 9.19. The molecule has 3 rings (SSSR count). The van der Waals surface area contributed by atoms with E-state index in [2.05, 4.69) is 30.9 Å². The van der Waals surface area contributed by atoms with Crippen molar-refractivity contribution in [2.24, 2.45) is 5.92 Å². The number of carbonyl (C=O) groups excluding carboxylic acids is 1. The summed E-state index contributed by atoms with van der Waals surface area (Å²) in [5.41, 5.74) is 9.19. The van der Waals surface area contributed by atoms with Gasteiger partial charge in [-0.3, -0.25) is 4.79 Å². The molecule has 0 unspecified atom stereocenters. The van der Waals surface area contributed by atoms with Gasteiger partial charge in [0.05, 0.1) is 16.8 Å². The summed E-state index contributed by atoms with van der Waals surface area (Å²) in [5.74, 6) is 0.831. The van der Waals surface area contributed by atoms with Crippen LogP contribution in [0.25, 0.3) is 0 Å². The van der Waals surface area contributed by atoms with E-state index >= 15 is 0 Å². The summed E-state index contributed by atoms with van der Waals surface area (Å²) in [5, 5.41) is 0. The molecule has 2 N–H and O–H groups in total. The molecule has 1 saturated heterocycles. The maximum Gasteiger partial charge on any atom is 0.140 e. The molecular weight excluding hydrogens is 300 g/mol. The summed E-state index contributed by atoms with van der Waals surface area (Å²) < 4.78 is 5.52. The molecule has 0 amide bonds. The summed E-state index contributed by atoms with van der Waals surface area (Å²) in [4.78, 5) is 14.4. The summed E-state index contributed by atoms with van der Waals surface area (Å²) in [6, 6.07) is 6.77. The fourth-order valence-corrected chi connectivity index (χ4v) is 3.92. The van der Waals surface area contributed by atoms with E-state index in [1.54, 1.807) is 6.92 Å². The quantitative estimate of drug-likeness (QED) is 0.811. The Labute approximate surface area is 145 Å². The highest BCUT2D eigenvalue weighted by Gasteiger charge is 2.48. The van der Waals surface area contributed by atoms with Crippen LogP contribution in [-0.2, 0) is 14.9 Å². The van der Waals surface area contributed by atoms with Crippen molar-refractivity contribution in [3.8, 4) is 0 Å². The van der Waals surface area contributed by atoms with E-state index in [9.17, 15) is 4.79 Å². The number of hydrogen-bond acceptors (Lipinski definition) is 4. The van der Waals surface area contributed by atoms with Crippen LogP contribution < -0.4 is 10.6 Å². The molecule has 0 spiro atoms. The monoisotopic (exact) mass is 330 g/mol. The zero-order valence-corrected chi connectivity index (χ0v) is 15.2. The Morgan fingerprint density at radius 2 is 2.00 bits per heavy atom. The fraction of sp³-hybridized carbons (Fsp3) is 0.650. The molecule has 1 aliphatic heterocycles. The van der Waals surface area contributed by atoms with E-state index in [0.717, 1.165) is 62.4 Å². The van der Waals surface area contributed by atoms with Gasteiger partial charge < -0.3 is 15.4 Å². The van der Waals surface area contributed by atoms with Gasteiger partial charge in [0.15, 0.2) is 0 Å². The van der Waals surface area contributed by atoms with E-state index in [1.165, 1.54) is 0 Å². The molecule has 24 heavy (non-hydrogen) atoms. The third-order valence-electron chi connectivity index (χ3n) is 5.51. The molecule has 1 aromatic carbocycles. The summed E-state index contributed by atoms with van der Waals surface area (Å²) in [6.45, 7) is 8.82. The lowest BCUT2D eigenvalue weighted by Gasteiger charge is -2.38. The molecule has 1 saturated carbocycles. The number of nitrogens with zero attached hydrogens (tertiary/aromatic N) is 1. The molecule has 0 aromatic heterocycles. The Bertz CT molecular complexity index is 602. The van der Waals surface area contributed by atoms with Crippen LogP contribution in [0.1, 0.15) is 52.0 Å². The Kier molecular flexibility index (Phi) is 4.86. The van der Waals surface area contributed by atoms with Crippen molar-refractivity contribution in [1.29, 1.82) is 0 Å². The number of hydrogen-bond donors (Lipinski definition) is 1. The Morgan fingerprint density at radius 3 is 2.50 bits per heavy atom. The highest BCUT2D eigenvalue weighted by atomic mass is 16.5. The molecule has 4 nitrogen and oxygen atoms in total. The first-order valence-corrected chi connectivity index (χ1v) is 9.19. The number of rotatable bonds is 6. The number of nitrogen functional groups attached to an aromatic ring is 1. The first kappa shape index (κ1) is 17.3. The summed E-state index contributed by atoms with van der Waals surface area (Å²) in [6.07, 6.45) is 4.00. The van der Waals surface area contributed by atoms with Crippen molar-refractivity contribution in [1.82, 2.24) is 0 Å². The maximum atomic E-state index is 12.0. The molecule has 0 radical (unpaired) electrons. The molecule has 1 aromatic rings. The van der Waals surface area contributed by atoms with Crippen molar-refractivity contribution >= 4 is 17.2 Å². The number of ketones is 1. The van der Waals surface area contributed by atoms with Crippen molar-refractivity contribution in [2.75, 3.05) is 30.4 Å². The topological polar surface area (TPSA) is 55.6 Å². The van der Waals surface area contributed by atoms with Gasteiger partial charge in [-0.2, -0.15) is 0 Å². The van der Waals surface area contributed by atoms with E-state index in [1.807, 2.05) is 6.07 Å². The van der Waals surface area contributed by atoms with Crippen molar-refractivity contribution in [3.05, 3.63) is 23.8 Å². The molecule has 1 heterocycles. The third kappa shape index (κ3) is 3.30. The maximum absolute atomic E-state index is 12.0. The van der Waals surface area contributed by atoms with Crippen LogP contribution in [0.15, 0.2) is 18.2 Å². The minimum atomic E-state index is -0.256. The number of Topliss-reactive ketones (excluding diaryl/α,β-unsaturated/α-hetero) is 1. The highest BCUT2D eigenvalue weighted by Crippen LogP contribution is 2.50. The van der Waals surface area contributed by atoms with Gasteiger partial charge in [-0.15, -0.1) is 0 Å². The van der Waals surface area contributed by atoms with Gasteiger partial charge >= 0.3 is 0 Å². The Hall–Kier alpha value is -1.55.